The zero-order valence-corrected chi connectivity index (χ0v) is 8.51. The molecule has 0 saturated carbocycles. The summed E-state index contributed by atoms with van der Waals surface area (Å²) in [6.07, 6.45) is 2.33. The second-order valence-electron chi connectivity index (χ2n) is 3.81. The highest BCUT2D eigenvalue weighted by molar-refractivity contribution is 6.48. The molecule has 1 aromatic carbocycles. The van der Waals surface area contributed by atoms with E-state index in [1.54, 1.807) is 0 Å². The third kappa shape index (κ3) is 1.27. The summed E-state index contributed by atoms with van der Waals surface area (Å²) in [5.41, 5.74) is 6.70. The number of benzene rings is 1. The van der Waals surface area contributed by atoms with Gasteiger partial charge in [0.25, 0.3) is 0 Å². The van der Waals surface area contributed by atoms with Crippen LogP contribution in [0.15, 0.2) is 41.1 Å². The number of Topliss-reactive ketones (excluding diaryl/α,β-unsaturated/α-hetero) is 1. The minimum atomic E-state index is -0.489. The number of rotatable bonds is 0. The highest BCUT2D eigenvalue weighted by atomic mass is 16.5. The number of allylic oxidation sites excluding steroid dienone is 1. The van der Waals surface area contributed by atoms with Crippen molar-refractivity contribution in [1.82, 2.24) is 0 Å². The number of nitrogens with two attached hydrogens (primary N) is 1. The van der Waals surface area contributed by atoms with Gasteiger partial charge in [-0.15, -0.1) is 0 Å². The van der Waals surface area contributed by atoms with Gasteiger partial charge in [-0.3, -0.25) is 4.79 Å². The van der Waals surface area contributed by atoms with Gasteiger partial charge in [0.1, 0.15) is 5.69 Å². The molecule has 0 bridgehead atoms. The molecule has 1 aliphatic heterocycles. The van der Waals surface area contributed by atoms with Gasteiger partial charge in [-0.1, -0.05) is 12.1 Å². The summed E-state index contributed by atoms with van der Waals surface area (Å²) < 4.78 is 5.61. The van der Waals surface area contributed by atoms with E-state index in [2.05, 4.69) is 4.99 Å². The van der Waals surface area contributed by atoms with Crippen molar-refractivity contribution in [2.75, 3.05) is 0 Å². The molecule has 4 nitrogen and oxygen atoms in total. The minimum Gasteiger partial charge on any atom is -0.453 e. The monoisotopic (exact) mass is 214 g/mol. The van der Waals surface area contributed by atoms with E-state index in [0.717, 1.165) is 0 Å². The Morgan fingerprint density at radius 2 is 2.19 bits per heavy atom. The number of para-hydroxylation sites is 2. The van der Waals surface area contributed by atoms with Crippen molar-refractivity contribution >= 4 is 17.2 Å². The Labute approximate surface area is 92.4 Å². The van der Waals surface area contributed by atoms with Crippen LogP contribution >= 0.6 is 0 Å². The average molecular weight is 214 g/mol. The lowest BCUT2D eigenvalue weighted by Gasteiger charge is -2.23. The quantitative estimate of drug-likeness (QED) is 0.708. The molecule has 1 aromatic rings. The fourth-order valence-electron chi connectivity index (χ4n) is 1.81. The molecule has 1 heterocycles. The maximum Gasteiger partial charge on any atom is 0.201 e. The van der Waals surface area contributed by atoms with Gasteiger partial charge in [-0.05, 0) is 24.6 Å². The van der Waals surface area contributed by atoms with Crippen LogP contribution in [-0.4, -0.2) is 17.5 Å². The largest absolute Gasteiger partial charge is 0.453 e. The highest BCUT2D eigenvalue weighted by Crippen LogP contribution is 2.34. The van der Waals surface area contributed by atoms with E-state index in [9.17, 15) is 4.79 Å². The van der Waals surface area contributed by atoms with Crippen molar-refractivity contribution in [3.63, 3.8) is 0 Å². The summed E-state index contributed by atoms with van der Waals surface area (Å²) in [4.78, 5) is 16.1. The van der Waals surface area contributed by atoms with Gasteiger partial charge in [0.05, 0.1) is 6.04 Å². The SMILES string of the molecule is NC1CC=C2Oc3ccccc3N=C2C1=O. The van der Waals surface area contributed by atoms with Gasteiger partial charge >= 0.3 is 0 Å². The van der Waals surface area contributed by atoms with E-state index >= 15 is 0 Å². The van der Waals surface area contributed by atoms with E-state index in [1.807, 2.05) is 30.3 Å². The number of carbonyl (C=O) groups is 1. The van der Waals surface area contributed by atoms with Crippen LogP contribution < -0.4 is 10.5 Å². The van der Waals surface area contributed by atoms with Crippen LogP contribution in [-0.2, 0) is 4.79 Å². The smallest absolute Gasteiger partial charge is 0.201 e. The maximum atomic E-state index is 11.8. The van der Waals surface area contributed by atoms with Crippen LogP contribution in [0.2, 0.25) is 0 Å². The number of ether oxygens (including phenoxy) is 1. The van der Waals surface area contributed by atoms with Crippen molar-refractivity contribution in [1.29, 1.82) is 0 Å². The normalized spacial score (nSPS) is 22.6. The van der Waals surface area contributed by atoms with Crippen molar-refractivity contribution in [3.8, 4) is 5.75 Å². The molecule has 16 heavy (non-hydrogen) atoms. The van der Waals surface area contributed by atoms with E-state index in [1.165, 1.54) is 0 Å². The first kappa shape index (κ1) is 9.30. The third-order valence-electron chi connectivity index (χ3n) is 2.68. The van der Waals surface area contributed by atoms with Gasteiger partial charge in [0.15, 0.2) is 17.2 Å². The maximum absolute atomic E-state index is 11.8. The molecule has 1 atom stereocenters. The van der Waals surface area contributed by atoms with Crippen LogP contribution in [0.25, 0.3) is 0 Å². The Bertz CT molecular complexity index is 532. The second-order valence-corrected chi connectivity index (χ2v) is 3.81. The number of aliphatic imine (C=N–C) groups is 1. The Balaban J connectivity index is 2.15. The molecule has 0 aromatic heterocycles. The van der Waals surface area contributed by atoms with Crippen LogP contribution in [0.5, 0.6) is 5.75 Å². The number of hydrogen-bond donors (Lipinski definition) is 1. The molecule has 1 aliphatic carbocycles. The molecule has 4 heteroatoms. The van der Waals surface area contributed by atoms with Crippen molar-refractivity contribution in [2.24, 2.45) is 10.7 Å². The van der Waals surface area contributed by atoms with Gasteiger partial charge in [-0.25, -0.2) is 4.99 Å². The lowest BCUT2D eigenvalue weighted by atomic mass is 9.97. The lowest BCUT2D eigenvalue weighted by Crippen LogP contribution is -2.41. The summed E-state index contributed by atoms with van der Waals surface area (Å²) in [5.74, 6) is 1.07. The molecule has 2 aliphatic rings. The van der Waals surface area contributed by atoms with Gasteiger partial charge in [-0.2, -0.15) is 0 Å². The number of fused-ring (bicyclic) bond motifs is 2. The van der Waals surface area contributed by atoms with E-state index in [-0.39, 0.29) is 5.78 Å². The number of nitrogens with zero attached hydrogens (tertiary/aromatic N) is 1. The van der Waals surface area contributed by atoms with Crippen molar-refractivity contribution < 1.29 is 9.53 Å². The Kier molecular flexibility index (Phi) is 1.91. The highest BCUT2D eigenvalue weighted by Gasteiger charge is 2.31. The predicted molar refractivity (Wildman–Crippen MR) is 59.8 cm³/mol. The molecule has 0 spiro atoms. The lowest BCUT2D eigenvalue weighted by molar-refractivity contribution is -0.114. The van der Waals surface area contributed by atoms with Crippen LogP contribution in [0.3, 0.4) is 0 Å². The first-order chi connectivity index (χ1) is 7.75. The predicted octanol–water partition coefficient (Wildman–Crippen LogP) is 1.34. The molecular weight excluding hydrogens is 204 g/mol. The average Bonchev–Trinajstić information content (AvgIpc) is 2.32. The molecule has 2 N–H and O–H groups in total. The molecule has 3 rings (SSSR count). The summed E-state index contributed by atoms with van der Waals surface area (Å²) in [6, 6.07) is 6.88. The molecule has 1 unspecified atom stereocenters. The molecule has 0 radical (unpaired) electrons. The molecular formula is C12H10N2O2. The number of hydrogen-bond acceptors (Lipinski definition) is 4. The number of ketones is 1. The van der Waals surface area contributed by atoms with Crippen molar-refractivity contribution in [3.05, 3.63) is 36.1 Å². The van der Waals surface area contributed by atoms with Gasteiger partial charge in [0.2, 0.25) is 5.78 Å². The van der Waals surface area contributed by atoms with Crippen LogP contribution in [0.1, 0.15) is 6.42 Å². The second kappa shape index (κ2) is 3.28. The summed E-state index contributed by atoms with van der Waals surface area (Å²) >= 11 is 0. The minimum absolute atomic E-state index is 0.146. The standard InChI is InChI=1S/C12H10N2O2/c13-7-5-6-10-11(12(7)15)14-8-3-1-2-4-9(8)16-10/h1-4,6-7H,5,13H2. The molecule has 0 fully saturated rings. The third-order valence-corrected chi connectivity index (χ3v) is 2.68. The topological polar surface area (TPSA) is 64.7 Å². The summed E-state index contributed by atoms with van der Waals surface area (Å²) in [6.45, 7) is 0. The number of carbonyl (C=O) groups excluding carboxylic acids is 1. The summed E-state index contributed by atoms with van der Waals surface area (Å²) in [5, 5.41) is 0. The first-order valence-corrected chi connectivity index (χ1v) is 5.11. The first-order valence-electron chi connectivity index (χ1n) is 5.11. The fraction of sp³-hybridized carbons (Fsp3) is 0.167. The molecule has 80 valence electrons. The zero-order chi connectivity index (χ0) is 11.1. The van der Waals surface area contributed by atoms with Crippen LogP contribution in [0, 0.1) is 0 Å². The Morgan fingerprint density at radius 1 is 1.38 bits per heavy atom. The van der Waals surface area contributed by atoms with E-state index in [4.69, 9.17) is 10.5 Å². The summed E-state index contributed by atoms with van der Waals surface area (Å²) in [7, 11) is 0. The fourth-order valence-corrected chi connectivity index (χ4v) is 1.81. The van der Waals surface area contributed by atoms with E-state index < -0.39 is 6.04 Å². The van der Waals surface area contributed by atoms with Gasteiger partial charge in [0, 0.05) is 0 Å². The molecule has 0 amide bonds. The van der Waals surface area contributed by atoms with Gasteiger partial charge < -0.3 is 10.5 Å². The zero-order valence-electron chi connectivity index (χ0n) is 8.51. The Hall–Kier alpha value is -1.94. The van der Waals surface area contributed by atoms with E-state index in [0.29, 0.717) is 29.3 Å². The van der Waals surface area contributed by atoms with Crippen molar-refractivity contribution in [2.45, 2.75) is 12.5 Å². The van der Waals surface area contributed by atoms with Crippen LogP contribution in [0.4, 0.5) is 5.69 Å². The Morgan fingerprint density at radius 3 is 3.06 bits per heavy atom. The molecule has 0 saturated heterocycles.